The fraction of sp³-hybridized carbons (Fsp3) is 0.143. The lowest BCUT2D eigenvalue weighted by atomic mass is 10.2. The predicted molar refractivity (Wildman–Crippen MR) is 118 cm³/mol. The summed E-state index contributed by atoms with van der Waals surface area (Å²) in [5.74, 6) is 0.562. The van der Waals surface area contributed by atoms with Gasteiger partial charge in [0.2, 0.25) is 5.89 Å². The summed E-state index contributed by atoms with van der Waals surface area (Å²) in [6.07, 6.45) is 15.7. The van der Waals surface area contributed by atoms with Crippen molar-refractivity contribution in [1.29, 1.82) is 0 Å². The molecule has 0 spiro atoms. The number of allylic oxidation sites excluding steroid dienone is 2. The molecular formula is C21H21N3O3S2. The van der Waals surface area contributed by atoms with Crippen LogP contribution in [-0.4, -0.2) is 35.0 Å². The van der Waals surface area contributed by atoms with Crippen molar-refractivity contribution in [2.45, 2.75) is 11.4 Å². The van der Waals surface area contributed by atoms with Gasteiger partial charge < -0.3 is 8.98 Å². The summed E-state index contributed by atoms with van der Waals surface area (Å²) < 4.78 is 32.2. The van der Waals surface area contributed by atoms with E-state index in [1.165, 1.54) is 11.8 Å². The molecule has 150 valence electrons. The van der Waals surface area contributed by atoms with Gasteiger partial charge >= 0.3 is 0 Å². The van der Waals surface area contributed by atoms with Gasteiger partial charge in [0, 0.05) is 18.9 Å². The molecule has 0 bridgehead atoms. The molecule has 0 amide bonds. The number of hydrogen-bond acceptors (Lipinski definition) is 6. The van der Waals surface area contributed by atoms with E-state index in [0.29, 0.717) is 23.0 Å². The first-order valence-electron chi connectivity index (χ1n) is 8.81. The maximum Gasteiger partial charge on any atom is 0.232 e. The Morgan fingerprint density at radius 3 is 2.72 bits per heavy atom. The zero-order chi connectivity index (χ0) is 20.7. The maximum absolute atomic E-state index is 12.5. The van der Waals surface area contributed by atoms with Crippen LogP contribution in [0.1, 0.15) is 17.1 Å². The molecule has 0 aliphatic heterocycles. The van der Waals surface area contributed by atoms with E-state index in [-0.39, 0.29) is 5.75 Å². The summed E-state index contributed by atoms with van der Waals surface area (Å²) in [6, 6.07) is 6.78. The van der Waals surface area contributed by atoms with E-state index in [4.69, 9.17) is 4.42 Å². The van der Waals surface area contributed by atoms with Crippen LogP contribution in [0.2, 0.25) is 0 Å². The van der Waals surface area contributed by atoms with Gasteiger partial charge in [-0.05, 0) is 36.1 Å². The summed E-state index contributed by atoms with van der Waals surface area (Å²) in [7, 11) is -3.35. The molecular weight excluding hydrogens is 406 g/mol. The zero-order valence-electron chi connectivity index (χ0n) is 15.9. The van der Waals surface area contributed by atoms with E-state index >= 15 is 0 Å². The van der Waals surface area contributed by atoms with E-state index in [2.05, 4.69) is 16.5 Å². The van der Waals surface area contributed by atoms with Crippen LogP contribution < -0.4 is 0 Å². The molecule has 1 aromatic carbocycles. The molecule has 0 fully saturated rings. The number of nitrogens with zero attached hydrogens (tertiary/aromatic N) is 3. The van der Waals surface area contributed by atoms with Crippen LogP contribution in [0.5, 0.6) is 0 Å². The van der Waals surface area contributed by atoms with E-state index in [1.54, 1.807) is 59.9 Å². The number of aromatic nitrogens is 3. The van der Waals surface area contributed by atoms with Crippen molar-refractivity contribution in [3.8, 4) is 0 Å². The molecule has 8 heteroatoms. The lowest BCUT2D eigenvalue weighted by Gasteiger charge is -2.05. The van der Waals surface area contributed by atoms with Gasteiger partial charge in [0.15, 0.2) is 9.84 Å². The van der Waals surface area contributed by atoms with Crippen LogP contribution in [0.15, 0.2) is 77.3 Å². The lowest BCUT2D eigenvalue weighted by molar-refractivity contribution is 0.545. The number of benzene rings is 1. The molecule has 0 radical (unpaired) electrons. The number of thioether (sulfide) groups is 1. The number of rotatable bonds is 9. The first-order chi connectivity index (χ1) is 14.0. The van der Waals surface area contributed by atoms with Crippen LogP contribution >= 0.6 is 11.8 Å². The van der Waals surface area contributed by atoms with Gasteiger partial charge in [0.1, 0.15) is 12.0 Å². The lowest BCUT2D eigenvalue weighted by Crippen LogP contribution is -2.12. The highest BCUT2D eigenvalue weighted by Crippen LogP contribution is 2.25. The number of imidazole rings is 1. The Morgan fingerprint density at radius 2 is 2.07 bits per heavy atom. The van der Waals surface area contributed by atoms with E-state index in [0.717, 1.165) is 10.5 Å². The standard InChI is InChI=1S/C21H21N3O3S2/c1-3-4-20(28-2)21-23-18(15-27-21)8-5-17-6-9-19(10-7-17)29(25,26)14-13-24-12-11-22-16-24/h3-12,15-16H,1,13-14H2,2H3/b8-5+,20-4-. The van der Waals surface area contributed by atoms with Gasteiger partial charge in [0.05, 0.1) is 21.9 Å². The minimum atomic E-state index is -3.35. The average molecular weight is 428 g/mol. The topological polar surface area (TPSA) is 78.0 Å². The Hall–Kier alpha value is -2.84. The molecule has 2 aromatic heterocycles. The van der Waals surface area contributed by atoms with Gasteiger partial charge in [-0.1, -0.05) is 30.9 Å². The Kier molecular flexibility index (Phi) is 6.90. The molecule has 0 N–H and O–H groups in total. The van der Waals surface area contributed by atoms with E-state index in [1.807, 2.05) is 24.5 Å². The average Bonchev–Trinajstić information content (AvgIpc) is 3.41. The fourth-order valence-electron chi connectivity index (χ4n) is 2.54. The van der Waals surface area contributed by atoms with Crippen LogP contribution in [0, 0.1) is 0 Å². The van der Waals surface area contributed by atoms with Crippen LogP contribution in [0.3, 0.4) is 0 Å². The van der Waals surface area contributed by atoms with Crippen molar-refractivity contribution in [3.63, 3.8) is 0 Å². The minimum Gasteiger partial charge on any atom is -0.443 e. The van der Waals surface area contributed by atoms with Gasteiger partial charge in [-0.25, -0.2) is 18.4 Å². The second kappa shape index (κ2) is 9.58. The summed E-state index contributed by atoms with van der Waals surface area (Å²) in [5.41, 5.74) is 1.55. The number of sulfone groups is 1. The summed E-state index contributed by atoms with van der Waals surface area (Å²) in [5, 5.41) is 0. The van der Waals surface area contributed by atoms with Gasteiger partial charge in [-0.3, -0.25) is 0 Å². The Morgan fingerprint density at radius 1 is 1.28 bits per heavy atom. The third kappa shape index (κ3) is 5.58. The molecule has 0 saturated carbocycles. The third-order valence-electron chi connectivity index (χ3n) is 4.09. The quantitative estimate of drug-likeness (QED) is 0.471. The number of hydrogen-bond donors (Lipinski definition) is 0. The maximum atomic E-state index is 12.5. The molecule has 3 aromatic rings. The molecule has 6 nitrogen and oxygen atoms in total. The van der Waals surface area contributed by atoms with Crippen molar-refractivity contribution >= 4 is 38.7 Å². The van der Waals surface area contributed by atoms with Gasteiger partial charge in [0.25, 0.3) is 0 Å². The van der Waals surface area contributed by atoms with E-state index < -0.39 is 9.84 Å². The summed E-state index contributed by atoms with van der Waals surface area (Å²) in [4.78, 5) is 9.54. The minimum absolute atomic E-state index is 0.0241. The van der Waals surface area contributed by atoms with Gasteiger partial charge in [-0.15, -0.1) is 11.8 Å². The molecule has 0 saturated heterocycles. The summed E-state index contributed by atoms with van der Waals surface area (Å²) >= 11 is 1.53. The van der Waals surface area contributed by atoms with Crippen molar-refractivity contribution in [2.75, 3.05) is 12.0 Å². The predicted octanol–water partition coefficient (Wildman–Crippen LogP) is 4.41. The first-order valence-corrected chi connectivity index (χ1v) is 11.7. The molecule has 0 aliphatic rings. The molecule has 0 aliphatic carbocycles. The largest absolute Gasteiger partial charge is 0.443 e. The molecule has 3 rings (SSSR count). The van der Waals surface area contributed by atoms with Crippen LogP contribution in [-0.2, 0) is 16.4 Å². The number of aryl methyl sites for hydroxylation is 1. The monoisotopic (exact) mass is 427 g/mol. The van der Waals surface area contributed by atoms with Gasteiger partial charge in [-0.2, -0.15) is 0 Å². The number of oxazole rings is 1. The Bertz CT molecular complexity index is 1110. The van der Waals surface area contributed by atoms with Crippen molar-refractivity contribution in [1.82, 2.24) is 14.5 Å². The highest BCUT2D eigenvalue weighted by Gasteiger charge is 2.14. The molecule has 0 atom stereocenters. The third-order valence-corrected chi connectivity index (χ3v) is 6.55. The molecule has 29 heavy (non-hydrogen) atoms. The highest BCUT2D eigenvalue weighted by molar-refractivity contribution is 8.07. The van der Waals surface area contributed by atoms with Crippen molar-refractivity contribution in [2.24, 2.45) is 0 Å². The summed E-state index contributed by atoms with van der Waals surface area (Å²) in [6.45, 7) is 4.06. The van der Waals surface area contributed by atoms with Crippen molar-refractivity contribution < 1.29 is 12.8 Å². The molecule has 2 heterocycles. The normalized spacial score (nSPS) is 12.5. The highest BCUT2D eigenvalue weighted by atomic mass is 32.2. The molecule has 0 unspecified atom stereocenters. The van der Waals surface area contributed by atoms with E-state index in [9.17, 15) is 8.42 Å². The fourth-order valence-corrected chi connectivity index (χ4v) is 4.28. The second-order valence-electron chi connectivity index (χ2n) is 6.07. The van der Waals surface area contributed by atoms with Crippen LogP contribution in [0.25, 0.3) is 17.1 Å². The first kappa shape index (κ1) is 20.9. The SMILES string of the molecule is C=C/C=C(\SC)c1nc(/C=C/c2ccc(S(=O)(=O)CCn3ccnc3)cc2)co1. The zero-order valence-corrected chi connectivity index (χ0v) is 17.6. The second-order valence-corrected chi connectivity index (χ2v) is 9.03. The van der Waals surface area contributed by atoms with Crippen molar-refractivity contribution in [3.05, 3.63) is 85.1 Å². The van der Waals surface area contributed by atoms with Crippen LogP contribution in [0.4, 0.5) is 0 Å². The smallest absolute Gasteiger partial charge is 0.232 e. The Balaban J connectivity index is 1.66. The Labute approximate surface area is 174 Å².